The van der Waals surface area contributed by atoms with Crippen LogP contribution >= 0.6 is 0 Å². The van der Waals surface area contributed by atoms with Crippen LogP contribution in [0.25, 0.3) is 5.57 Å². The van der Waals surface area contributed by atoms with Crippen molar-refractivity contribution in [2.75, 3.05) is 26.2 Å². The lowest BCUT2D eigenvalue weighted by molar-refractivity contribution is -0.205. The number of fused-ring (bicyclic) bond motifs is 5. The summed E-state index contributed by atoms with van der Waals surface area (Å²) in [6.07, 6.45) is 15.1. The highest BCUT2D eigenvalue weighted by atomic mass is 16.4. The number of nitrogens with one attached hydrogen (secondary N) is 2. The molecule has 1 heterocycles. The summed E-state index contributed by atoms with van der Waals surface area (Å²) in [7, 11) is 0. The first-order valence-electron chi connectivity index (χ1n) is 18.6. The third-order valence-corrected chi connectivity index (χ3v) is 14.9. The fourth-order valence-electron chi connectivity index (χ4n) is 12.1. The minimum atomic E-state index is -0.870. The van der Waals surface area contributed by atoms with Gasteiger partial charge in [-0.15, -0.1) is 6.58 Å². The van der Waals surface area contributed by atoms with Crippen LogP contribution in [0.4, 0.5) is 4.79 Å². The maximum absolute atomic E-state index is 13.7. The molecule has 5 aliphatic rings. The van der Waals surface area contributed by atoms with Crippen LogP contribution in [0.1, 0.15) is 128 Å². The topological polar surface area (TPSA) is 81.7 Å². The van der Waals surface area contributed by atoms with Gasteiger partial charge in [0.2, 0.25) is 0 Å². The van der Waals surface area contributed by atoms with Crippen LogP contribution in [0.15, 0.2) is 42.5 Å². The average molecular weight is 644 g/mol. The molecule has 7 atom stereocenters. The zero-order chi connectivity index (χ0) is 33.8. The summed E-state index contributed by atoms with van der Waals surface area (Å²) in [5, 5.41) is 16.5. The first kappa shape index (κ1) is 34.3. The fraction of sp³-hybridized carbons (Fsp3) is 0.707. The van der Waals surface area contributed by atoms with E-state index in [9.17, 15) is 14.7 Å². The number of nitrogens with zero attached hydrogens (tertiary/aromatic N) is 1. The number of hydrogen-bond donors (Lipinski definition) is 3. The van der Waals surface area contributed by atoms with E-state index < -0.39 is 5.97 Å². The largest absolute Gasteiger partial charge is 0.478 e. The van der Waals surface area contributed by atoms with Gasteiger partial charge in [0.05, 0.1) is 5.56 Å². The van der Waals surface area contributed by atoms with E-state index in [1.807, 2.05) is 17.0 Å². The molecule has 0 bridgehead atoms. The Balaban J connectivity index is 1.25. The number of hydrogen-bond acceptors (Lipinski definition) is 3. The van der Waals surface area contributed by atoms with Gasteiger partial charge in [-0.05, 0) is 140 Å². The van der Waals surface area contributed by atoms with Crippen molar-refractivity contribution in [3.8, 4) is 0 Å². The van der Waals surface area contributed by atoms with Crippen LogP contribution in [0, 0.1) is 39.4 Å². The van der Waals surface area contributed by atoms with E-state index in [4.69, 9.17) is 0 Å². The molecule has 1 aromatic rings. The summed E-state index contributed by atoms with van der Waals surface area (Å²) in [4.78, 5) is 27.2. The molecule has 0 aromatic heterocycles. The Bertz CT molecular complexity index is 1410. The van der Waals surface area contributed by atoms with Gasteiger partial charge >= 0.3 is 12.0 Å². The lowest BCUT2D eigenvalue weighted by atomic mass is 9.34. The van der Waals surface area contributed by atoms with Gasteiger partial charge in [-0.3, -0.25) is 0 Å². The molecule has 6 nitrogen and oxygen atoms in total. The summed E-state index contributed by atoms with van der Waals surface area (Å²) in [6.45, 7) is 22.4. The SMILES string of the molecule is C=C(C)CCCC1(NC(=O)N2CCNCC2)CCC2(C)C(CCC3C4(C)CC=C(c5ccc(C(=O)O)cc5)C(C)(C)C4CCC32C)C1. The van der Waals surface area contributed by atoms with Crippen molar-refractivity contribution in [1.29, 1.82) is 0 Å². The number of urea groups is 1. The number of rotatable bonds is 7. The molecule has 2 amide bonds. The van der Waals surface area contributed by atoms with Crippen LogP contribution in [0.5, 0.6) is 0 Å². The van der Waals surface area contributed by atoms with Crippen molar-refractivity contribution >= 4 is 17.6 Å². The molecule has 4 fully saturated rings. The molecule has 6 heteroatoms. The molecule has 1 aromatic carbocycles. The number of carboxylic acid groups (broad SMARTS) is 1. The number of amides is 2. The summed E-state index contributed by atoms with van der Waals surface area (Å²) >= 11 is 0. The van der Waals surface area contributed by atoms with Crippen LogP contribution < -0.4 is 10.6 Å². The Hall–Kier alpha value is -2.60. The van der Waals surface area contributed by atoms with Gasteiger partial charge < -0.3 is 20.6 Å². The highest BCUT2D eigenvalue weighted by Gasteiger charge is 2.67. The third kappa shape index (κ3) is 5.78. The van der Waals surface area contributed by atoms with Gasteiger partial charge in [0, 0.05) is 31.7 Å². The van der Waals surface area contributed by atoms with Gasteiger partial charge in [-0.2, -0.15) is 0 Å². The predicted octanol–water partition coefficient (Wildman–Crippen LogP) is 8.94. The second-order valence-corrected chi connectivity index (χ2v) is 17.6. The zero-order valence-electron chi connectivity index (χ0n) is 30.1. The minimum absolute atomic E-state index is 0.01000. The molecule has 7 unspecified atom stereocenters. The molecule has 4 aliphatic carbocycles. The highest BCUT2D eigenvalue weighted by Crippen LogP contribution is 2.74. The number of piperazine rings is 1. The number of aromatic carboxylic acids is 1. The lowest BCUT2D eigenvalue weighted by Gasteiger charge is -2.71. The number of carboxylic acids is 1. The summed E-state index contributed by atoms with van der Waals surface area (Å²) in [6, 6.07) is 7.70. The number of allylic oxidation sites excluding steroid dienone is 3. The number of benzene rings is 1. The molecule has 0 spiro atoms. The predicted molar refractivity (Wildman–Crippen MR) is 191 cm³/mol. The molecule has 1 aliphatic heterocycles. The Kier molecular flexibility index (Phi) is 9.02. The van der Waals surface area contributed by atoms with Crippen molar-refractivity contribution in [2.45, 2.75) is 118 Å². The van der Waals surface area contributed by atoms with Crippen LogP contribution in [0.3, 0.4) is 0 Å². The molecule has 0 radical (unpaired) electrons. The summed E-state index contributed by atoms with van der Waals surface area (Å²) < 4.78 is 0. The fourth-order valence-corrected chi connectivity index (χ4v) is 12.1. The molecular formula is C41H61N3O3. The average Bonchev–Trinajstić information content (AvgIpc) is 3.02. The van der Waals surface area contributed by atoms with E-state index in [0.29, 0.717) is 23.3 Å². The van der Waals surface area contributed by atoms with Crippen LogP contribution in [-0.2, 0) is 0 Å². The molecular weight excluding hydrogens is 582 g/mol. The van der Waals surface area contributed by atoms with Crippen LogP contribution in [0.2, 0.25) is 0 Å². The van der Waals surface area contributed by atoms with Crippen molar-refractivity contribution in [3.63, 3.8) is 0 Å². The van der Waals surface area contributed by atoms with E-state index in [1.54, 1.807) is 12.1 Å². The number of carbonyl (C=O) groups excluding carboxylic acids is 1. The van der Waals surface area contributed by atoms with Crippen molar-refractivity contribution in [2.24, 2.45) is 39.4 Å². The molecule has 1 saturated heterocycles. The Morgan fingerprint density at radius 2 is 1.66 bits per heavy atom. The summed E-state index contributed by atoms with van der Waals surface area (Å²) in [5.74, 6) is 0.981. The van der Waals surface area contributed by atoms with Crippen molar-refractivity contribution in [3.05, 3.63) is 53.6 Å². The highest BCUT2D eigenvalue weighted by molar-refractivity contribution is 5.88. The number of carbonyl (C=O) groups is 2. The molecule has 3 saturated carbocycles. The molecule has 3 N–H and O–H groups in total. The van der Waals surface area contributed by atoms with E-state index in [2.05, 4.69) is 64.8 Å². The Morgan fingerprint density at radius 3 is 2.32 bits per heavy atom. The first-order chi connectivity index (χ1) is 22.2. The normalized spacial score (nSPS) is 37.9. The second kappa shape index (κ2) is 12.4. The van der Waals surface area contributed by atoms with E-state index in [0.717, 1.165) is 64.7 Å². The van der Waals surface area contributed by atoms with Gasteiger partial charge in [-0.25, -0.2) is 9.59 Å². The van der Waals surface area contributed by atoms with Crippen molar-refractivity contribution < 1.29 is 14.7 Å². The van der Waals surface area contributed by atoms with Gasteiger partial charge in [0.15, 0.2) is 0 Å². The second-order valence-electron chi connectivity index (χ2n) is 17.6. The quantitative estimate of drug-likeness (QED) is 0.259. The smallest absolute Gasteiger partial charge is 0.335 e. The summed E-state index contributed by atoms with van der Waals surface area (Å²) in [5.41, 5.74) is 4.76. The lowest BCUT2D eigenvalue weighted by Crippen LogP contribution is -2.66. The van der Waals surface area contributed by atoms with Gasteiger partial charge in [-0.1, -0.05) is 58.4 Å². The van der Waals surface area contributed by atoms with Gasteiger partial charge in [0.25, 0.3) is 0 Å². The monoisotopic (exact) mass is 643 g/mol. The van der Waals surface area contributed by atoms with Gasteiger partial charge in [0.1, 0.15) is 0 Å². The zero-order valence-corrected chi connectivity index (χ0v) is 30.1. The molecule has 47 heavy (non-hydrogen) atoms. The maximum atomic E-state index is 13.7. The van der Waals surface area contributed by atoms with Crippen molar-refractivity contribution in [1.82, 2.24) is 15.5 Å². The minimum Gasteiger partial charge on any atom is -0.478 e. The molecule has 258 valence electrons. The van der Waals surface area contributed by atoms with E-state index >= 15 is 0 Å². The van der Waals surface area contributed by atoms with Crippen LogP contribution in [-0.4, -0.2) is 53.7 Å². The Labute approximate surface area is 284 Å². The first-order valence-corrected chi connectivity index (χ1v) is 18.6. The van der Waals surface area contributed by atoms with E-state index in [1.165, 1.54) is 48.8 Å². The third-order valence-electron chi connectivity index (χ3n) is 14.9. The van der Waals surface area contributed by atoms with E-state index in [-0.39, 0.29) is 33.2 Å². The Morgan fingerprint density at radius 1 is 0.957 bits per heavy atom. The molecule has 6 rings (SSSR count). The maximum Gasteiger partial charge on any atom is 0.335 e. The standard InChI is InChI=1S/C41H61N3O3/c1-28(2)9-8-18-41(43-36(47)44-25-23-42-24-26-44)22-21-39(6)31(27-41)14-15-34-38(5)19-16-32(29-10-12-30(13-11-29)35(45)46)37(3,4)33(38)17-20-40(34,39)7/h10-13,16,31,33-34,42H,1,8-9,14-15,17-27H2,2-7H3,(H,43,47)(H,45,46).